The zero-order valence-corrected chi connectivity index (χ0v) is 19.2. The van der Waals surface area contributed by atoms with Crippen molar-refractivity contribution in [1.29, 1.82) is 0 Å². The normalized spacial score (nSPS) is 22.9. The summed E-state index contributed by atoms with van der Waals surface area (Å²) in [6.45, 7) is 7.21. The Labute approximate surface area is 193 Å². The zero-order valence-electron chi connectivity index (χ0n) is 19.2. The van der Waals surface area contributed by atoms with Gasteiger partial charge in [0.05, 0.1) is 0 Å². The van der Waals surface area contributed by atoms with E-state index in [0.717, 1.165) is 12.5 Å². The number of nitrogens with zero attached hydrogens (tertiary/aromatic N) is 2. The quantitative estimate of drug-likeness (QED) is 0.469. The summed E-state index contributed by atoms with van der Waals surface area (Å²) >= 11 is 0. The summed E-state index contributed by atoms with van der Waals surface area (Å²) in [7, 11) is 0. The third-order valence-electron chi connectivity index (χ3n) is 7.56. The molecule has 5 rings (SSSR count). The number of benzene rings is 3. The van der Waals surface area contributed by atoms with E-state index < -0.39 is 0 Å². The molecule has 2 heterocycles. The maximum absolute atomic E-state index is 2.76. The van der Waals surface area contributed by atoms with Gasteiger partial charge in [0.25, 0.3) is 0 Å². The highest BCUT2D eigenvalue weighted by Crippen LogP contribution is 2.35. The van der Waals surface area contributed by atoms with Crippen LogP contribution in [0.1, 0.15) is 35.4 Å². The summed E-state index contributed by atoms with van der Waals surface area (Å²) in [5.74, 6) is 2.20. The van der Waals surface area contributed by atoms with Crippen LogP contribution in [0.25, 0.3) is 0 Å². The predicted molar refractivity (Wildman–Crippen MR) is 134 cm³/mol. The standard InChI is InChI=1S/C30H36N2/c1-4-10-25(11-5-1)20-26-16-18-31(19-17-26)22-29-23-32(21-27-12-6-2-7-13-27)24-30(29)28-14-8-3-9-15-28/h1-15,26,29-30H,16-24H2/t29-,30+/m0/s1. The van der Waals surface area contributed by atoms with E-state index in [0.29, 0.717) is 11.8 Å². The summed E-state index contributed by atoms with van der Waals surface area (Å²) in [4.78, 5) is 5.44. The number of hydrogen-bond acceptors (Lipinski definition) is 2. The van der Waals surface area contributed by atoms with Crippen molar-refractivity contribution < 1.29 is 0 Å². The van der Waals surface area contributed by atoms with Crippen molar-refractivity contribution in [1.82, 2.24) is 9.80 Å². The summed E-state index contributed by atoms with van der Waals surface area (Å²) in [5.41, 5.74) is 4.45. The molecule has 0 bridgehead atoms. The van der Waals surface area contributed by atoms with E-state index in [9.17, 15) is 0 Å². The van der Waals surface area contributed by atoms with Crippen LogP contribution in [0.3, 0.4) is 0 Å². The maximum Gasteiger partial charge on any atom is 0.0234 e. The molecule has 2 heteroatoms. The second kappa shape index (κ2) is 10.5. The molecule has 0 spiro atoms. The molecule has 32 heavy (non-hydrogen) atoms. The number of likely N-dealkylation sites (tertiary alicyclic amines) is 2. The Kier molecular flexibility index (Phi) is 7.01. The lowest BCUT2D eigenvalue weighted by Crippen LogP contribution is -2.39. The first-order valence-corrected chi connectivity index (χ1v) is 12.4. The molecule has 0 aromatic heterocycles. The largest absolute Gasteiger partial charge is 0.303 e. The minimum atomic E-state index is 0.641. The van der Waals surface area contributed by atoms with Gasteiger partial charge in [-0.2, -0.15) is 0 Å². The molecule has 0 radical (unpaired) electrons. The fourth-order valence-electron chi connectivity index (χ4n) is 5.85. The van der Waals surface area contributed by atoms with E-state index in [4.69, 9.17) is 0 Å². The minimum absolute atomic E-state index is 0.641. The SMILES string of the molecule is c1ccc(CC2CCN(C[C@H]3CN(Cc4ccccc4)C[C@@H]3c3ccccc3)CC2)cc1. The Morgan fingerprint density at radius 3 is 1.88 bits per heavy atom. The summed E-state index contributed by atoms with van der Waals surface area (Å²) in [5, 5.41) is 0. The Balaban J connectivity index is 1.20. The Bertz CT molecular complexity index is 932. The van der Waals surface area contributed by atoms with Crippen LogP contribution in [-0.4, -0.2) is 42.5 Å². The highest BCUT2D eigenvalue weighted by molar-refractivity contribution is 5.23. The Morgan fingerprint density at radius 1 is 0.625 bits per heavy atom. The van der Waals surface area contributed by atoms with Crippen molar-refractivity contribution in [3.8, 4) is 0 Å². The smallest absolute Gasteiger partial charge is 0.0234 e. The lowest BCUT2D eigenvalue weighted by molar-refractivity contribution is 0.156. The van der Waals surface area contributed by atoms with Gasteiger partial charge in [0.2, 0.25) is 0 Å². The van der Waals surface area contributed by atoms with Gasteiger partial charge in [0.1, 0.15) is 0 Å². The van der Waals surface area contributed by atoms with Crippen LogP contribution in [0.5, 0.6) is 0 Å². The van der Waals surface area contributed by atoms with E-state index in [-0.39, 0.29) is 0 Å². The molecule has 2 atom stereocenters. The van der Waals surface area contributed by atoms with Crippen molar-refractivity contribution >= 4 is 0 Å². The molecule has 0 unspecified atom stereocenters. The maximum atomic E-state index is 2.76. The molecule has 2 saturated heterocycles. The molecular formula is C30H36N2. The third-order valence-corrected chi connectivity index (χ3v) is 7.56. The molecule has 166 valence electrons. The molecule has 0 amide bonds. The van der Waals surface area contributed by atoms with Gasteiger partial charge in [0, 0.05) is 32.1 Å². The molecule has 3 aromatic rings. The Hall–Kier alpha value is -2.42. The first kappa shape index (κ1) is 21.4. The number of piperidine rings is 1. The Morgan fingerprint density at radius 2 is 1.22 bits per heavy atom. The van der Waals surface area contributed by atoms with Gasteiger partial charge in [-0.15, -0.1) is 0 Å². The molecule has 0 saturated carbocycles. The van der Waals surface area contributed by atoms with Gasteiger partial charge in [0.15, 0.2) is 0 Å². The third kappa shape index (κ3) is 5.49. The average molecular weight is 425 g/mol. The lowest BCUT2D eigenvalue weighted by atomic mass is 9.86. The van der Waals surface area contributed by atoms with E-state index in [2.05, 4.69) is 101 Å². The van der Waals surface area contributed by atoms with Gasteiger partial charge in [-0.25, -0.2) is 0 Å². The fraction of sp³-hybridized carbons (Fsp3) is 0.400. The fourth-order valence-corrected chi connectivity index (χ4v) is 5.85. The van der Waals surface area contributed by atoms with Crippen LogP contribution in [-0.2, 0) is 13.0 Å². The van der Waals surface area contributed by atoms with E-state index in [1.165, 1.54) is 68.7 Å². The van der Waals surface area contributed by atoms with Gasteiger partial charge in [-0.05, 0) is 60.9 Å². The van der Waals surface area contributed by atoms with Crippen LogP contribution >= 0.6 is 0 Å². The van der Waals surface area contributed by atoms with Crippen LogP contribution < -0.4 is 0 Å². The molecule has 3 aromatic carbocycles. The van der Waals surface area contributed by atoms with Crippen molar-refractivity contribution in [2.24, 2.45) is 11.8 Å². The van der Waals surface area contributed by atoms with Gasteiger partial charge >= 0.3 is 0 Å². The summed E-state index contributed by atoms with van der Waals surface area (Å²) in [6, 6.07) is 33.3. The topological polar surface area (TPSA) is 6.48 Å². The molecule has 0 N–H and O–H groups in total. The minimum Gasteiger partial charge on any atom is -0.303 e. The highest BCUT2D eigenvalue weighted by atomic mass is 15.2. The number of rotatable bonds is 7. The van der Waals surface area contributed by atoms with Crippen LogP contribution in [0.4, 0.5) is 0 Å². The number of hydrogen-bond donors (Lipinski definition) is 0. The molecule has 2 nitrogen and oxygen atoms in total. The van der Waals surface area contributed by atoms with Crippen molar-refractivity contribution in [3.05, 3.63) is 108 Å². The van der Waals surface area contributed by atoms with E-state index >= 15 is 0 Å². The molecule has 0 aliphatic carbocycles. The zero-order chi connectivity index (χ0) is 21.6. The van der Waals surface area contributed by atoms with Gasteiger partial charge < -0.3 is 4.90 Å². The van der Waals surface area contributed by atoms with Crippen molar-refractivity contribution in [2.75, 3.05) is 32.7 Å². The summed E-state index contributed by atoms with van der Waals surface area (Å²) in [6.07, 6.45) is 3.92. The average Bonchev–Trinajstić information content (AvgIpc) is 3.24. The van der Waals surface area contributed by atoms with Gasteiger partial charge in [-0.1, -0.05) is 91.0 Å². The van der Waals surface area contributed by atoms with Crippen molar-refractivity contribution in [3.63, 3.8) is 0 Å². The van der Waals surface area contributed by atoms with Crippen LogP contribution in [0.15, 0.2) is 91.0 Å². The summed E-state index contributed by atoms with van der Waals surface area (Å²) < 4.78 is 0. The second-order valence-corrected chi connectivity index (χ2v) is 9.89. The molecule has 2 aliphatic rings. The van der Waals surface area contributed by atoms with Crippen LogP contribution in [0, 0.1) is 11.8 Å². The van der Waals surface area contributed by atoms with Crippen molar-refractivity contribution in [2.45, 2.75) is 31.7 Å². The first-order valence-electron chi connectivity index (χ1n) is 12.4. The molecule has 2 fully saturated rings. The van der Waals surface area contributed by atoms with E-state index in [1.807, 2.05) is 0 Å². The van der Waals surface area contributed by atoms with E-state index in [1.54, 1.807) is 0 Å². The lowest BCUT2D eigenvalue weighted by Gasteiger charge is -2.35. The van der Waals surface area contributed by atoms with Crippen LogP contribution in [0.2, 0.25) is 0 Å². The second-order valence-electron chi connectivity index (χ2n) is 9.89. The first-order chi connectivity index (χ1) is 15.8. The monoisotopic (exact) mass is 424 g/mol. The van der Waals surface area contributed by atoms with Gasteiger partial charge in [-0.3, -0.25) is 4.90 Å². The molecule has 2 aliphatic heterocycles. The molecular weight excluding hydrogens is 388 g/mol. The highest BCUT2D eigenvalue weighted by Gasteiger charge is 2.35. The predicted octanol–water partition coefficient (Wildman–Crippen LogP) is 5.86.